The standard InChI is InChI=1S/C24H20N2O5S/c1-14-19(25-23(31-14)17-7-9-18(30-2)10-8-17)11-12-20(27)16-5-3-15(4-6-16)13-21-22(28)26-24(29)32-21/h3-10,13H,11-12H2,1-2H3,(H,26,28,29)/b21-13-. The minimum absolute atomic E-state index is 0.0132. The third-order valence-electron chi connectivity index (χ3n) is 4.99. The predicted octanol–water partition coefficient (Wildman–Crippen LogP) is 4.80. The highest BCUT2D eigenvalue weighted by molar-refractivity contribution is 8.18. The number of carbonyl (C=O) groups is 3. The molecule has 0 radical (unpaired) electrons. The zero-order valence-corrected chi connectivity index (χ0v) is 18.3. The number of amides is 2. The van der Waals surface area contributed by atoms with Crippen molar-refractivity contribution in [1.82, 2.24) is 10.3 Å². The number of imide groups is 1. The van der Waals surface area contributed by atoms with Gasteiger partial charge in [-0.15, -0.1) is 0 Å². The maximum atomic E-state index is 12.6. The van der Waals surface area contributed by atoms with Crippen molar-refractivity contribution >= 4 is 34.8 Å². The Kier molecular flexibility index (Phi) is 6.23. The van der Waals surface area contributed by atoms with E-state index < -0.39 is 5.91 Å². The quantitative estimate of drug-likeness (QED) is 0.409. The molecule has 0 unspecified atom stereocenters. The smallest absolute Gasteiger partial charge is 0.290 e. The fourth-order valence-corrected chi connectivity index (χ4v) is 3.91. The van der Waals surface area contributed by atoms with Gasteiger partial charge in [0.25, 0.3) is 11.1 Å². The van der Waals surface area contributed by atoms with Crippen LogP contribution < -0.4 is 10.1 Å². The van der Waals surface area contributed by atoms with Crippen LogP contribution in [0, 0.1) is 6.92 Å². The topological polar surface area (TPSA) is 98.5 Å². The van der Waals surface area contributed by atoms with Crippen molar-refractivity contribution in [2.24, 2.45) is 0 Å². The molecular weight excluding hydrogens is 428 g/mol. The van der Waals surface area contributed by atoms with Gasteiger partial charge >= 0.3 is 0 Å². The summed E-state index contributed by atoms with van der Waals surface area (Å²) in [5, 5.41) is 1.83. The van der Waals surface area contributed by atoms with E-state index in [0.29, 0.717) is 35.0 Å². The average Bonchev–Trinajstić information content (AvgIpc) is 3.33. The Morgan fingerprint density at radius 1 is 1.12 bits per heavy atom. The van der Waals surface area contributed by atoms with Gasteiger partial charge in [0.15, 0.2) is 5.78 Å². The monoisotopic (exact) mass is 448 g/mol. The van der Waals surface area contributed by atoms with Crippen LogP contribution in [0.5, 0.6) is 5.75 Å². The Balaban J connectivity index is 1.39. The number of aryl methyl sites for hydroxylation is 2. The number of hydrogen-bond acceptors (Lipinski definition) is 7. The third-order valence-corrected chi connectivity index (χ3v) is 5.80. The van der Waals surface area contributed by atoms with E-state index in [9.17, 15) is 14.4 Å². The Bertz CT molecular complexity index is 1210. The van der Waals surface area contributed by atoms with Gasteiger partial charge in [0.05, 0.1) is 17.7 Å². The highest BCUT2D eigenvalue weighted by atomic mass is 32.2. The van der Waals surface area contributed by atoms with Gasteiger partial charge in [0, 0.05) is 24.0 Å². The first kappa shape index (κ1) is 21.6. The molecule has 2 heterocycles. The summed E-state index contributed by atoms with van der Waals surface area (Å²) in [6, 6.07) is 14.4. The second-order valence-corrected chi connectivity index (χ2v) is 8.16. The number of carbonyl (C=O) groups excluding carboxylic acids is 3. The Morgan fingerprint density at radius 2 is 1.84 bits per heavy atom. The van der Waals surface area contributed by atoms with Crippen molar-refractivity contribution in [3.05, 3.63) is 76.0 Å². The zero-order chi connectivity index (χ0) is 22.7. The summed E-state index contributed by atoms with van der Waals surface area (Å²) in [6.45, 7) is 1.84. The molecule has 0 spiro atoms. The molecule has 2 aromatic carbocycles. The van der Waals surface area contributed by atoms with Crippen LogP contribution in [-0.4, -0.2) is 29.0 Å². The van der Waals surface area contributed by atoms with Gasteiger partial charge in [-0.25, -0.2) is 4.98 Å². The Labute approximate surface area is 188 Å². The summed E-state index contributed by atoms with van der Waals surface area (Å²) in [5.74, 6) is 1.53. The number of thioether (sulfide) groups is 1. The first-order valence-corrected chi connectivity index (χ1v) is 10.7. The lowest BCUT2D eigenvalue weighted by Crippen LogP contribution is -2.17. The second-order valence-electron chi connectivity index (χ2n) is 7.15. The van der Waals surface area contributed by atoms with E-state index in [4.69, 9.17) is 9.15 Å². The van der Waals surface area contributed by atoms with Crippen LogP contribution in [0.15, 0.2) is 57.9 Å². The van der Waals surface area contributed by atoms with Gasteiger partial charge in [0.1, 0.15) is 11.5 Å². The Morgan fingerprint density at radius 3 is 2.47 bits per heavy atom. The molecule has 32 heavy (non-hydrogen) atoms. The minimum atomic E-state index is -0.405. The molecule has 1 N–H and O–H groups in total. The number of nitrogens with one attached hydrogen (secondary N) is 1. The zero-order valence-electron chi connectivity index (χ0n) is 17.5. The predicted molar refractivity (Wildman–Crippen MR) is 121 cm³/mol. The number of Topliss-reactive ketones (excluding diaryl/α,β-unsaturated/α-hetero) is 1. The van der Waals surface area contributed by atoms with Gasteiger partial charge in [0.2, 0.25) is 5.89 Å². The number of ketones is 1. The molecule has 8 heteroatoms. The number of benzene rings is 2. The third kappa shape index (κ3) is 4.81. The highest BCUT2D eigenvalue weighted by Crippen LogP contribution is 2.26. The number of aromatic nitrogens is 1. The second kappa shape index (κ2) is 9.23. The SMILES string of the molecule is COc1ccc(-c2nc(CCC(=O)c3ccc(/C=C4\SC(=O)NC4=O)cc3)c(C)o2)cc1. The van der Waals surface area contributed by atoms with E-state index in [-0.39, 0.29) is 11.0 Å². The molecule has 0 aliphatic carbocycles. The van der Waals surface area contributed by atoms with Gasteiger partial charge in [-0.1, -0.05) is 24.3 Å². The first-order chi connectivity index (χ1) is 15.4. The number of nitrogens with zero attached hydrogens (tertiary/aromatic N) is 1. The van der Waals surface area contributed by atoms with Crippen molar-refractivity contribution in [3.8, 4) is 17.2 Å². The van der Waals surface area contributed by atoms with Crippen molar-refractivity contribution in [2.75, 3.05) is 7.11 Å². The van der Waals surface area contributed by atoms with Crippen LogP contribution in [0.2, 0.25) is 0 Å². The van der Waals surface area contributed by atoms with E-state index >= 15 is 0 Å². The number of hydrogen-bond donors (Lipinski definition) is 1. The molecule has 1 saturated heterocycles. The molecule has 3 aromatic rings. The van der Waals surface area contributed by atoms with Crippen molar-refractivity contribution in [1.29, 1.82) is 0 Å². The molecule has 2 amide bonds. The summed E-state index contributed by atoms with van der Waals surface area (Å²) in [6.07, 6.45) is 2.39. The summed E-state index contributed by atoms with van der Waals surface area (Å²) >= 11 is 0.861. The molecule has 4 rings (SSSR count). The maximum Gasteiger partial charge on any atom is 0.290 e. The molecule has 7 nitrogen and oxygen atoms in total. The van der Waals surface area contributed by atoms with E-state index in [1.807, 2.05) is 31.2 Å². The molecule has 162 valence electrons. The summed E-state index contributed by atoms with van der Waals surface area (Å²) in [4.78, 5) is 40.4. The molecule has 1 aliphatic rings. The fraction of sp³-hybridized carbons (Fsp3) is 0.167. The summed E-state index contributed by atoms with van der Waals surface area (Å²) in [5.41, 5.74) is 2.90. The number of oxazole rings is 1. The lowest BCUT2D eigenvalue weighted by molar-refractivity contribution is -0.115. The largest absolute Gasteiger partial charge is 0.497 e. The van der Waals surface area contributed by atoms with E-state index in [1.165, 1.54) is 0 Å². The van der Waals surface area contributed by atoms with E-state index in [1.54, 1.807) is 37.5 Å². The van der Waals surface area contributed by atoms with Crippen LogP contribution in [0.3, 0.4) is 0 Å². The number of ether oxygens (including phenoxy) is 1. The maximum absolute atomic E-state index is 12.6. The normalized spacial score (nSPS) is 14.6. The van der Waals surface area contributed by atoms with Crippen molar-refractivity contribution < 1.29 is 23.5 Å². The van der Waals surface area contributed by atoms with Gasteiger partial charge in [-0.3, -0.25) is 19.7 Å². The number of rotatable bonds is 7. The first-order valence-electron chi connectivity index (χ1n) is 9.92. The lowest BCUT2D eigenvalue weighted by Gasteiger charge is -2.02. The molecule has 0 atom stereocenters. The molecular formula is C24H20N2O5S. The summed E-state index contributed by atoms with van der Waals surface area (Å²) in [7, 11) is 1.61. The van der Waals surface area contributed by atoms with Crippen molar-refractivity contribution in [2.45, 2.75) is 19.8 Å². The average molecular weight is 449 g/mol. The molecule has 1 aliphatic heterocycles. The van der Waals surface area contributed by atoms with Crippen LogP contribution in [0.25, 0.3) is 17.5 Å². The van der Waals surface area contributed by atoms with Crippen LogP contribution in [0.1, 0.15) is 33.8 Å². The highest BCUT2D eigenvalue weighted by Gasteiger charge is 2.24. The molecule has 0 bridgehead atoms. The van der Waals surface area contributed by atoms with Crippen molar-refractivity contribution in [3.63, 3.8) is 0 Å². The Hall–Kier alpha value is -3.65. The van der Waals surface area contributed by atoms with Crippen LogP contribution in [0.4, 0.5) is 4.79 Å². The van der Waals surface area contributed by atoms with E-state index in [2.05, 4.69) is 10.3 Å². The van der Waals surface area contributed by atoms with Gasteiger partial charge in [-0.2, -0.15) is 0 Å². The van der Waals surface area contributed by atoms with Gasteiger partial charge < -0.3 is 9.15 Å². The van der Waals surface area contributed by atoms with Crippen LogP contribution >= 0.6 is 11.8 Å². The van der Waals surface area contributed by atoms with E-state index in [0.717, 1.165) is 34.3 Å². The van der Waals surface area contributed by atoms with Gasteiger partial charge in [-0.05, 0) is 54.6 Å². The lowest BCUT2D eigenvalue weighted by atomic mass is 10.0. The molecule has 1 fully saturated rings. The summed E-state index contributed by atoms with van der Waals surface area (Å²) < 4.78 is 10.9. The fourth-order valence-electron chi connectivity index (χ4n) is 3.23. The molecule has 0 saturated carbocycles. The molecule has 1 aromatic heterocycles. The van der Waals surface area contributed by atoms with Crippen LogP contribution in [-0.2, 0) is 11.2 Å². The number of methoxy groups -OCH3 is 1. The minimum Gasteiger partial charge on any atom is -0.497 e.